The van der Waals surface area contributed by atoms with Crippen molar-refractivity contribution in [1.29, 1.82) is 0 Å². The molecule has 1 fully saturated rings. The zero-order valence-electron chi connectivity index (χ0n) is 7.46. The summed E-state index contributed by atoms with van der Waals surface area (Å²) in [5, 5.41) is 8.99. The van der Waals surface area contributed by atoms with E-state index in [1.165, 1.54) is 0 Å². The molecule has 0 amide bonds. The van der Waals surface area contributed by atoms with Crippen molar-refractivity contribution in [2.24, 2.45) is 11.1 Å². The summed E-state index contributed by atoms with van der Waals surface area (Å²) in [5.41, 5.74) is 4.53. The average molecular weight is 189 g/mol. The van der Waals surface area contributed by atoms with Gasteiger partial charge in [0.05, 0.1) is 0 Å². The molecule has 3 N–H and O–H groups in total. The lowest BCUT2D eigenvalue weighted by atomic mass is 9.71. The van der Waals surface area contributed by atoms with E-state index < -0.39 is 11.5 Å². The first-order chi connectivity index (χ1) is 5.40. The van der Waals surface area contributed by atoms with Gasteiger partial charge in [0.25, 0.3) is 0 Å². The molecule has 1 saturated heterocycles. The Bertz CT molecular complexity index is 205. The molecule has 1 rings (SSSR count). The van der Waals surface area contributed by atoms with Crippen LogP contribution in [0, 0.1) is 5.41 Å². The molecule has 0 saturated carbocycles. The molecule has 0 aromatic rings. The van der Waals surface area contributed by atoms with Gasteiger partial charge in [-0.2, -0.15) is 11.8 Å². The molecule has 4 heteroatoms. The van der Waals surface area contributed by atoms with Gasteiger partial charge in [-0.1, -0.05) is 13.8 Å². The van der Waals surface area contributed by atoms with Crippen LogP contribution in [0.1, 0.15) is 20.3 Å². The highest BCUT2D eigenvalue weighted by Gasteiger charge is 2.49. The Labute approximate surface area is 76.7 Å². The van der Waals surface area contributed by atoms with Crippen molar-refractivity contribution in [1.82, 2.24) is 0 Å². The summed E-state index contributed by atoms with van der Waals surface area (Å²) in [7, 11) is 0. The van der Waals surface area contributed by atoms with Gasteiger partial charge in [0.2, 0.25) is 0 Å². The van der Waals surface area contributed by atoms with Gasteiger partial charge in [0, 0.05) is 5.75 Å². The van der Waals surface area contributed by atoms with Gasteiger partial charge in [-0.3, -0.25) is 4.79 Å². The van der Waals surface area contributed by atoms with E-state index in [9.17, 15) is 4.79 Å². The number of thioether (sulfide) groups is 1. The predicted molar refractivity (Wildman–Crippen MR) is 50.3 cm³/mol. The van der Waals surface area contributed by atoms with E-state index in [0.29, 0.717) is 5.75 Å². The lowest BCUT2D eigenvalue weighted by molar-refractivity contribution is -0.147. The van der Waals surface area contributed by atoms with Crippen LogP contribution >= 0.6 is 11.8 Å². The molecule has 70 valence electrons. The zero-order chi connectivity index (χ0) is 9.41. The van der Waals surface area contributed by atoms with Crippen molar-refractivity contribution in [3.8, 4) is 0 Å². The molecule has 0 spiro atoms. The minimum Gasteiger partial charge on any atom is -0.480 e. The number of hydrogen-bond donors (Lipinski definition) is 2. The molecular weight excluding hydrogens is 174 g/mol. The van der Waals surface area contributed by atoms with Crippen molar-refractivity contribution >= 4 is 17.7 Å². The Hall–Kier alpha value is -0.220. The third-order valence-corrected chi connectivity index (χ3v) is 3.94. The normalized spacial score (nSPS) is 34.6. The van der Waals surface area contributed by atoms with Gasteiger partial charge < -0.3 is 10.8 Å². The third-order valence-electron chi connectivity index (χ3n) is 2.79. The van der Waals surface area contributed by atoms with Gasteiger partial charge in [0.15, 0.2) is 0 Å². The van der Waals surface area contributed by atoms with E-state index in [-0.39, 0.29) is 5.41 Å². The number of carboxylic acid groups (broad SMARTS) is 1. The van der Waals surface area contributed by atoms with Gasteiger partial charge in [-0.25, -0.2) is 0 Å². The fraction of sp³-hybridized carbons (Fsp3) is 0.875. The van der Waals surface area contributed by atoms with Gasteiger partial charge in [-0.15, -0.1) is 0 Å². The molecule has 0 bridgehead atoms. The Morgan fingerprint density at radius 1 is 1.58 bits per heavy atom. The maximum Gasteiger partial charge on any atom is 0.325 e. The van der Waals surface area contributed by atoms with Crippen molar-refractivity contribution < 1.29 is 9.90 Å². The summed E-state index contributed by atoms with van der Waals surface area (Å²) in [6, 6.07) is 0. The number of nitrogens with two attached hydrogens (primary N) is 1. The van der Waals surface area contributed by atoms with Crippen molar-refractivity contribution in [3.63, 3.8) is 0 Å². The highest BCUT2D eigenvalue weighted by atomic mass is 32.2. The second-order valence-electron chi connectivity index (χ2n) is 3.96. The summed E-state index contributed by atoms with van der Waals surface area (Å²) in [6.07, 6.45) is 0.875. The molecule has 12 heavy (non-hydrogen) atoms. The maximum atomic E-state index is 11.0. The average Bonchev–Trinajstić information content (AvgIpc) is 1.95. The SMILES string of the molecule is CC1(C)CCSCC1(N)C(=O)O. The second kappa shape index (κ2) is 2.92. The number of carboxylic acids is 1. The molecule has 1 atom stereocenters. The number of rotatable bonds is 1. The van der Waals surface area contributed by atoms with Crippen molar-refractivity contribution in [2.45, 2.75) is 25.8 Å². The van der Waals surface area contributed by atoms with E-state index in [1.807, 2.05) is 13.8 Å². The predicted octanol–water partition coefficient (Wildman–Crippen LogP) is 0.932. The molecule has 1 aliphatic rings. The summed E-state index contributed by atoms with van der Waals surface area (Å²) in [5.74, 6) is 0.661. The summed E-state index contributed by atoms with van der Waals surface area (Å²) < 4.78 is 0. The Kier molecular flexibility index (Phi) is 2.40. The molecule has 1 aliphatic heterocycles. The third kappa shape index (κ3) is 1.33. The maximum absolute atomic E-state index is 11.0. The van der Waals surface area contributed by atoms with Crippen molar-refractivity contribution in [3.05, 3.63) is 0 Å². The monoisotopic (exact) mass is 189 g/mol. The zero-order valence-corrected chi connectivity index (χ0v) is 8.28. The van der Waals surface area contributed by atoms with Crippen LogP contribution in [-0.2, 0) is 4.79 Å². The summed E-state index contributed by atoms with van der Waals surface area (Å²) in [6.45, 7) is 3.86. The van der Waals surface area contributed by atoms with Crippen LogP contribution in [0.3, 0.4) is 0 Å². The van der Waals surface area contributed by atoms with E-state index in [2.05, 4.69) is 0 Å². The summed E-state index contributed by atoms with van der Waals surface area (Å²) >= 11 is 1.63. The van der Waals surface area contributed by atoms with E-state index >= 15 is 0 Å². The summed E-state index contributed by atoms with van der Waals surface area (Å²) in [4.78, 5) is 11.0. The standard InChI is InChI=1S/C8H15NO2S/c1-7(2)3-4-12-5-8(7,9)6(10)11/h3-5,9H2,1-2H3,(H,10,11). The molecule has 3 nitrogen and oxygen atoms in total. The van der Waals surface area contributed by atoms with E-state index in [1.54, 1.807) is 11.8 Å². The largest absolute Gasteiger partial charge is 0.480 e. The van der Waals surface area contributed by atoms with Crippen LogP contribution in [-0.4, -0.2) is 28.1 Å². The minimum absolute atomic E-state index is 0.288. The highest BCUT2D eigenvalue weighted by Crippen LogP contribution is 2.40. The minimum atomic E-state index is -1.05. The topological polar surface area (TPSA) is 63.3 Å². The van der Waals surface area contributed by atoms with Gasteiger partial charge in [-0.05, 0) is 17.6 Å². The van der Waals surface area contributed by atoms with Gasteiger partial charge >= 0.3 is 5.97 Å². The highest BCUT2D eigenvalue weighted by molar-refractivity contribution is 7.99. The molecule has 0 aliphatic carbocycles. The smallest absolute Gasteiger partial charge is 0.325 e. The van der Waals surface area contributed by atoms with Crippen molar-refractivity contribution in [2.75, 3.05) is 11.5 Å². The number of hydrogen-bond acceptors (Lipinski definition) is 3. The second-order valence-corrected chi connectivity index (χ2v) is 5.07. The van der Waals surface area contributed by atoms with E-state index in [0.717, 1.165) is 12.2 Å². The fourth-order valence-corrected chi connectivity index (χ4v) is 2.97. The molecule has 0 aromatic carbocycles. The first kappa shape index (κ1) is 9.86. The Morgan fingerprint density at radius 3 is 2.50 bits per heavy atom. The lowest BCUT2D eigenvalue weighted by Gasteiger charge is -2.43. The van der Waals surface area contributed by atoms with Crippen LogP contribution in [0.5, 0.6) is 0 Å². The van der Waals surface area contributed by atoms with Crippen LogP contribution in [0.2, 0.25) is 0 Å². The van der Waals surface area contributed by atoms with E-state index in [4.69, 9.17) is 10.8 Å². The first-order valence-electron chi connectivity index (χ1n) is 4.00. The Morgan fingerprint density at radius 2 is 2.17 bits per heavy atom. The molecule has 1 heterocycles. The molecule has 1 unspecified atom stereocenters. The quantitative estimate of drug-likeness (QED) is 0.644. The fourth-order valence-electron chi connectivity index (χ4n) is 1.33. The van der Waals surface area contributed by atoms with Gasteiger partial charge in [0.1, 0.15) is 5.54 Å². The van der Waals surface area contributed by atoms with Crippen LogP contribution in [0.25, 0.3) is 0 Å². The molecule has 0 aromatic heterocycles. The molecule has 0 radical (unpaired) electrons. The number of aliphatic carboxylic acids is 1. The van der Waals surface area contributed by atoms with Crippen LogP contribution in [0.4, 0.5) is 0 Å². The van der Waals surface area contributed by atoms with Crippen LogP contribution < -0.4 is 5.73 Å². The molecular formula is C8H15NO2S. The van der Waals surface area contributed by atoms with Crippen LogP contribution in [0.15, 0.2) is 0 Å². The first-order valence-corrected chi connectivity index (χ1v) is 5.16. The Balaban J connectivity index is 2.91. The lowest BCUT2D eigenvalue weighted by Crippen LogP contribution is -2.62. The number of carbonyl (C=O) groups is 1.